The van der Waals surface area contributed by atoms with Crippen LogP contribution in [0.4, 0.5) is 0 Å². The number of methoxy groups -OCH3 is 2. The number of nitrogens with zero attached hydrogens (tertiary/aromatic N) is 1. The molecule has 0 unspecified atom stereocenters. The lowest BCUT2D eigenvalue weighted by Crippen LogP contribution is -2.08. The fourth-order valence-electron chi connectivity index (χ4n) is 2.96. The first-order valence-electron chi connectivity index (χ1n) is 9.90. The van der Waals surface area contributed by atoms with E-state index in [-0.39, 0.29) is 0 Å². The molecule has 0 saturated heterocycles. The molecule has 2 aromatic carbocycles. The topological polar surface area (TPSA) is 66.4 Å². The minimum absolute atomic E-state index is 0.299. The third-order valence-electron chi connectivity index (χ3n) is 4.81. The van der Waals surface area contributed by atoms with Crippen LogP contribution in [0.3, 0.4) is 0 Å². The number of hydrogen-bond acceptors (Lipinski definition) is 6. The zero-order valence-corrected chi connectivity index (χ0v) is 17.6. The lowest BCUT2D eigenvalue weighted by molar-refractivity contribution is -0.133. The zero-order chi connectivity index (χ0) is 21.3. The zero-order valence-electron chi connectivity index (χ0n) is 17.6. The van der Waals surface area contributed by atoms with Crippen LogP contribution in [-0.2, 0) is 25.7 Å². The first-order valence-corrected chi connectivity index (χ1v) is 9.90. The van der Waals surface area contributed by atoms with E-state index in [4.69, 9.17) is 19.0 Å². The number of ether oxygens (including phenoxy) is 3. The van der Waals surface area contributed by atoms with Crippen molar-refractivity contribution in [2.24, 2.45) is 11.1 Å². The first kappa shape index (κ1) is 21.4. The summed E-state index contributed by atoms with van der Waals surface area (Å²) in [4.78, 5) is 17.4. The standard InChI is InChI=1S/C24H27NO5/c1-17-12-19(13-25-30-14-18-8-9-18)10-11-23(17)29-15-20-6-4-5-7-21(20)22(16-27-2)24(26)28-3/h4-7,10-13,16,18H,8-9,14-15H2,1-3H3/b22-16-,25-13+. The van der Waals surface area contributed by atoms with Crippen LogP contribution in [0.25, 0.3) is 5.57 Å². The van der Waals surface area contributed by atoms with Crippen molar-refractivity contribution in [3.63, 3.8) is 0 Å². The van der Waals surface area contributed by atoms with Crippen LogP contribution in [-0.4, -0.2) is 33.0 Å². The smallest absolute Gasteiger partial charge is 0.341 e. The highest BCUT2D eigenvalue weighted by Gasteiger charge is 2.21. The minimum atomic E-state index is -0.465. The second-order valence-corrected chi connectivity index (χ2v) is 7.20. The monoisotopic (exact) mass is 409 g/mol. The second kappa shape index (κ2) is 10.5. The maximum absolute atomic E-state index is 12.1. The molecule has 1 fully saturated rings. The van der Waals surface area contributed by atoms with Gasteiger partial charge in [0.05, 0.1) is 26.7 Å². The van der Waals surface area contributed by atoms with E-state index in [1.807, 2.05) is 49.4 Å². The molecule has 1 aliphatic rings. The van der Waals surface area contributed by atoms with E-state index in [1.165, 1.54) is 33.3 Å². The molecule has 0 N–H and O–H groups in total. The molecule has 0 aliphatic heterocycles. The van der Waals surface area contributed by atoms with Crippen LogP contribution in [0.2, 0.25) is 0 Å². The number of oxime groups is 1. The Bertz CT molecular complexity index is 931. The van der Waals surface area contributed by atoms with E-state index in [2.05, 4.69) is 5.16 Å². The highest BCUT2D eigenvalue weighted by molar-refractivity contribution is 6.16. The molecule has 1 saturated carbocycles. The molecule has 0 atom stereocenters. The fourth-order valence-corrected chi connectivity index (χ4v) is 2.96. The molecule has 0 heterocycles. The van der Waals surface area contributed by atoms with Gasteiger partial charge in [0.1, 0.15) is 24.5 Å². The van der Waals surface area contributed by atoms with Gasteiger partial charge in [-0.1, -0.05) is 29.4 Å². The van der Waals surface area contributed by atoms with Crippen molar-refractivity contribution in [3.05, 3.63) is 71.0 Å². The maximum Gasteiger partial charge on any atom is 0.341 e. The summed E-state index contributed by atoms with van der Waals surface area (Å²) < 4.78 is 16.0. The van der Waals surface area contributed by atoms with Crippen molar-refractivity contribution >= 4 is 17.8 Å². The molecule has 0 bridgehead atoms. The Morgan fingerprint density at radius 2 is 1.97 bits per heavy atom. The molecule has 2 aromatic rings. The third-order valence-corrected chi connectivity index (χ3v) is 4.81. The van der Waals surface area contributed by atoms with Gasteiger partial charge >= 0.3 is 5.97 Å². The Balaban J connectivity index is 1.68. The summed E-state index contributed by atoms with van der Waals surface area (Å²) in [5.74, 6) is 0.977. The van der Waals surface area contributed by atoms with Gasteiger partial charge in [0, 0.05) is 0 Å². The van der Waals surface area contributed by atoms with E-state index < -0.39 is 5.97 Å². The van der Waals surface area contributed by atoms with Crippen LogP contribution in [0.1, 0.15) is 35.1 Å². The highest BCUT2D eigenvalue weighted by atomic mass is 16.6. The van der Waals surface area contributed by atoms with E-state index in [0.717, 1.165) is 22.4 Å². The van der Waals surface area contributed by atoms with Crippen molar-refractivity contribution < 1.29 is 23.8 Å². The lowest BCUT2D eigenvalue weighted by Gasteiger charge is -2.14. The number of carbonyl (C=O) groups is 1. The largest absolute Gasteiger partial charge is 0.503 e. The quantitative estimate of drug-likeness (QED) is 0.190. The number of benzene rings is 2. The van der Waals surface area contributed by atoms with Crippen molar-refractivity contribution in [2.75, 3.05) is 20.8 Å². The summed E-state index contributed by atoms with van der Waals surface area (Å²) in [6.07, 6.45) is 5.58. The Kier molecular flexibility index (Phi) is 7.49. The van der Waals surface area contributed by atoms with Crippen molar-refractivity contribution in [3.8, 4) is 5.75 Å². The summed E-state index contributed by atoms with van der Waals surface area (Å²) in [5.41, 5.74) is 3.84. The third kappa shape index (κ3) is 5.86. The molecule has 0 radical (unpaired) electrons. The van der Waals surface area contributed by atoms with Gasteiger partial charge in [-0.3, -0.25) is 0 Å². The summed E-state index contributed by atoms with van der Waals surface area (Å²) in [5, 5.41) is 4.03. The van der Waals surface area contributed by atoms with Crippen LogP contribution in [0.15, 0.2) is 53.9 Å². The summed E-state index contributed by atoms with van der Waals surface area (Å²) in [6.45, 7) is 2.97. The van der Waals surface area contributed by atoms with Gasteiger partial charge in [0.25, 0.3) is 0 Å². The molecule has 3 rings (SSSR count). The van der Waals surface area contributed by atoms with Gasteiger partial charge in [0.2, 0.25) is 0 Å². The van der Waals surface area contributed by atoms with Gasteiger partial charge < -0.3 is 19.0 Å². The van der Waals surface area contributed by atoms with E-state index in [1.54, 1.807) is 6.21 Å². The molecule has 30 heavy (non-hydrogen) atoms. The molecule has 0 amide bonds. The Morgan fingerprint density at radius 1 is 1.17 bits per heavy atom. The van der Waals surface area contributed by atoms with Gasteiger partial charge in [-0.25, -0.2) is 4.79 Å². The number of aryl methyl sites for hydroxylation is 1. The van der Waals surface area contributed by atoms with E-state index >= 15 is 0 Å². The van der Waals surface area contributed by atoms with Crippen LogP contribution in [0.5, 0.6) is 5.75 Å². The average Bonchev–Trinajstić information content (AvgIpc) is 3.59. The number of carbonyl (C=O) groups excluding carboxylic acids is 1. The highest BCUT2D eigenvalue weighted by Crippen LogP contribution is 2.29. The van der Waals surface area contributed by atoms with Gasteiger partial charge in [-0.15, -0.1) is 0 Å². The van der Waals surface area contributed by atoms with Crippen LogP contribution < -0.4 is 4.74 Å². The normalized spacial score (nSPS) is 13.9. The van der Waals surface area contributed by atoms with Crippen molar-refractivity contribution in [1.82, 2.24) is 0 Å². The number of hydrogen-bond donors (Lipinski definition) is 0. The average molecular weight is 409 g/mol. The molecule has 158 valence electrons. The first-order chi connectivity index (χ1) is 14.6. The number of rotatable bonds is 10. The summed E-state index contributed by atoms with van der Waals surface area (Å²) >= 11 is 0. The Morgan fingerprint density at radius 3 is 2.67 bits per heavy atom. The SMILES string of the molecule is CO/C=C(\C(=O)OC)c1ccccc1COc1ccc(/C=N/OCC2CC2)cc1C. The fraction of sp³-hybridized carbons (Fsp3) is 0.333. The molecular weight excluding hydrogens is 382 g/mol. The van der Waals surface area contributed by atoms with Crippen LogP contribution >= 0.6 is 0 Å². The minimum Gasteiger partial charge on any atom is -0.503 e. The van der Waals surface area contributed by atoms with E-state index in [9.17, 15) is 4.79 Å². The molecule has 1 aliphatic carbocycles. The van der Waals surface area contributed by atoms with Crippen LogP contribution in [0, 0.1) is 12.8 Å². The lowest BCUT2D eigenvalue weighted by atomic mass is 10.0. The molecule has 6 nitrogen and oxygen atoms in total. The van der Waals surface area contributed by atoms with Gasteiger partial charge in [-0.2, -0.15) is 0 Å². The molecule has 0 aromatic heterocycles. The predicted molar refractivity (Wildman–Crippen MR) is 115 cm³/mol. The van der Waals surface area contributed by atoms with E-state index in [0.29, 0.717) is 30.3 Å². The molecular formula is C24H27NO5. The molecule has 0 spiro atoms. The molecule has 6 heteroatoms. The maximum atomic E-state index is 12.1. The van der Waals surface area contributed by atoms with Gasteiger partial charge in [-0.05, 0) is 66.1 Å². The van der Waals surface area contributed by atoms with Crippen molar-refractivity contribution in [1.29, 1.82) is 0 Å². The predicted octanol–water partition coefficient (Wildman–Crippen LogP) is 4.49. The second-order valence-electron chi connectivity index (χ2n) is 7.20. The van der Waals surface area contributed by atoms with Crippen molar-refractivity contribution in [2.45, 2.75) is 26.4 Å². The summed E-state index contributed by atoms with van der Waals surface area (Å²) in [7, 11) is 2.84. The Hall–Kier alpha value is -3.28. The number of esters is 1. The Labute approximate surface area is 177 Å². The van der Waals surface area contributed by atoms with Gasteiger partial charge in [0.15, 0.2) is 0 Å². The summed E-state index contributed by atoms with van der Waals surface area (Å²) in [6, 6.07) is 13.4.